The highest BCUT2D eigenvalue weighted by molar-refractivity contribution is 5.79. The van der Waals surface area contributed by atoms with Crippen molar-refractivity contribution in [3.63, 3.8) is 0 Å². The maximum atomic E-state index is 12.8. The average molecular weight is 321 g/mol. The lowest BCUT2D eigenvalue weighted by Gasteiger charge is -2.23. The molecule has 2 aromatic rings. The van der Waals surface area contributed by atoms with E-state index in [1.165, 1.54) is 23.5 Å². The van der Waals surface area contributed by atoms with E-state index in [2.05, 4.69) is 34.3 Å². The molecule has 0 saturated carbocycles. The van der Waals surface area contributed by atoms with Gasteiger partial charge >= 0.3 is 6.55 Å². The SMILES string of the molecule is CN=C(NCc1nccn1C(F)F)N(C)Cc1ccccc1C. The Labute approximate surface area is 134 Å². The van der Waals surface area contributed by atoms with Crippen molar-refractivity contribution >= 4 is 5.96 Å². The van der Waals surface area contributed by atoms with Crippen LogP contribution in [-0.4, -0.2) is 34.5 Å². The van der Waals surface area contributed by atoms with E-state index in [0.717, 1.165) is 4.57 Å². The van der Waals surface area contributed by atoms with Crippen molar-refractivity contribution in [1.29, 1.82) is 0 Å². The molecule has 124 valence electrons. The number of benzene rings is 1. The van der Waals surface area contributed by atoms with Crippen LogP contribution in [0.4, 0.5) is 8.78 Å². The maximum Gasteiger partial charge on any atom is 0.319 e. The number of nitrogens with one attached hydrogen (secondary N) is 1. The van der Waals surface area contributed by atoms with E-state index in [1.807, 2.05) is 24.1 Å². The molecule has 7 heteroatoms. The number of nitrogens with zero attached hydrogens (tertiary/aromatic N) is 4. The van der Waals surface area contributed by atoms with Crippen molar-refractivity contribution in [1.82, 2.24) is 19.8 Å². The van der Waals surface area contributed by atoms with Crippen molar-refractivity contribution in [3.8, 4) is 0 Å². The van der Waals surface area contributed by atoms with Gasteiger partial charge in [0.1, 0.15) is 5.82 Å². The Kier molecular flexibility index (Phi) is 5.67. The molecule has 23 heavy (non-hydrogen) atoms. The molecule has 1 heterocycles. The highest BCUT2D eigenvalue weighted by Crippen LogP contribution is 2.12. The number of aromatic nitrogens is 2. The predicted octanol–water partition coefficient (Wildman–Crippen LogP) is 2.79. The molecular formula is C16H21F2N5. The summed E-state index contributed by atoms with van der Waals surface area (Å²) in [6.45, 7) is 0.317. The van der Waals surface area contributed by atoms with E-state index in [4.69, 9.17) is 0 Å². The first-order valence-corrected chi connectivity index (χ1v) is 7.29. The minimum atomic E-state index is -2.60. The van der Waals surface area contributed by atoms with Crippen LogP contribution in [-0.2, 0) is 13.1 Å². The molecule has 2 rings (SSSR count). The fourth-order valence-corrected chi connectivity index (χ4v) is 2.32. The predicted molar refractivity (Wildman–Crippen MR) is 86.3 cm³/mol. The monoisotopic (exact) mass is 321 g/mol. The number of hydrogen-bond donors (Lipinski definition) is 1. The summed E-state index contributed by atoms with van der Waals surface area (Å²) >= 11 is 0. The smallest absolute Gasteiger partial charge is 0.319 e. The van der Waals surface area contributed by atoms with Gasteiger partial charge in [-0.25, -0.2) is 4.98 Å². The zero-order chi connectivity index (χ0) is 16.8. The Bertz CT molecular complexity index is 666. The molecule has 0 unspecified atom stereocenters. The molecule has 1 aromatic heterocycles. The van der Waals surface area contributed by atoms with E-state index in [9.17, 15) is 8.78 Å². The van der Waals surface area contributed by atoms with Crippen molar-refractivity contribution < 1.29 is 8.78 Å². The van der Waals surface area contributed by atoms with E-state index < -0.39 is 6.55 Å². The summed E-state index contributed by atoms with van der Waals surface area (Å²) in [5, 5.41) is 3.07. The molecular weight excluding hydrogens is 300 g/mol. The molecule has 1 N–H and O–H groups in total. The second-order valence-corrected chi connectivity index (χ2v) is 5.21. The standard InChI is InChI=1S/C16H21F2N5/c1-12-6-4-5-7-13(12)11-22(3)16(19-2)21-10-14-20-8-9-23(14)15(17)18/h4-9,15H,10-11H2,1-3H3,(H,19,21). The lowest BCUT2D eigenvalue weighted by Crippen LogP contribution is -2.38. The number of guanidine groups is 1. The molecule has 0 atom stereocenters. The van der Waals surface area contributed by atoms with Crippen LogP contribution in [0.15, 0.2) is 41.7 Å². The van der Waals surface area contributed by atoms with Gasteiger partial charge in [0.2, 0.25) is 0 Å². The number of aliphatic imine (C=N–C) groups is 1. The van der Waals surface area contributed by atoms with Crippen LogP contribution in [0, 0.1) is 6.92 Å². The fourth-order valence-electron chi connectivity index (χ4n) is 2.32. The normalized spacial score (nSPS) is 11.8. The quantitative estimate of drug-likeness (QED) is 0.680. The first kappa shape index (κ1) is 16.9. The van der Waals surface area contributed by atoms with E-state index in [-0.39, 0.29) is 12.4 Å². The third kappa shape index (κ3) is 4.28. The summed E-state index contributed by atoms with van der Waals surface area (Å²) in [5.41, 5.74) is 2.38. The molecule has 0 aliphatic carbocycles. The minimum absolute atomic E-state index is 0.183. The number of rotatable bonds is 5. The molecule has 0 bridgehead atoms. The zero-order valence-electron chi connectivity index (χ0n) is 13.5. The molecule has 0 aliphatic heterocycles. The molecule has 0 saturated heterocycles. The molecule has 0 amide bonds. The number of imidazole rings is 1. The summed E-state index contributed by atoms with van der Waals surface area (Å²) < 4.78 is 26.5. The first-order valence-electron chi connectivity index (χ1n) is 7.29. The zero-order valence-corrected chi connectivity index (χ0v) is 13.5. The van der Waals surface area contributed by atoms with Gasteiger partial charge in [0.15, 0.2) is 5.96 Å². The largest absolute Gasteiger partial charge is 0.349 e. The van der Waals surface area contributed by atoms with Gasteiger partial charge in [0, 0.05) is 33.0 Å². The Hall–Kier alpha value is -2.44. The van der Waals surface area contributed by atoms with Gasteiger partial charge in [-0.1, -0.05) is 24.3 Å². The fraction of sp³-hybridized carbons (Fsp3) is 0.375. The molecule has 0 aliphatic rings. The number of alkyl halides is 2. The van der Waals surface area contributed by atoms with E-state index in [1.54, 1.807) is 7.05 Å². The Morgan fingerprint density at radius 2 is 2.13 bits per heavy atom. The van der Waals surface area contributed by atoms with Crippen molar-refractivity contribution in [2.75, 3.05) is 14.1 Å². The third-order valence-electron chi connectivity index (χ3n) is 3.61. The van der Waals surface area contributed by atoms with E-state index >= 15 is 0 Å². The molecule has 0 spiro atoms. The molecule has 0 fully saturated rings. The highest BCUT2D eigenvalue weighted by atomic mass is 19.3. The van der Waals surface area contributed by atoms with Gasteiger partial charge < -0.3 is 10.2 Å². The second kappa shape index (κ2) is 7.71. The van der Waals surface area contributed by atoms with Crippen LogP contribution in [0.3, 0.4) is 0 Å². The Balaban J connectivity index is 2.00. The first-order chi connectivity index (χ1) is 11.0. The average Bonchev–Trinajstić information content (AvgIpc) is 2.99. The van der Waals surface area contributed by atoms with Crippen LogP contribution in [0.5, 0.6) is 0 Å². The third-order valence-corrected chi connectivity index (χ3v) is 3.61. The molecule has 0 radical (unpaired) electrons. The van der Waals surface area contributed by atoms with Gasteiger partial charge in [-0.05, 0) is 18.1 Å². The number of halogens is 2. The summed E-state index contributed by atoms with van der Waals surface area (Å²) in [6, 6.07) is 8.10. The molecule has 5 nitrogen and oxygen atoms in total. The van der Waals surface area contributed by atoms with Crippen LogP contribution in [0.1, 0.15) is 23.5 Å². The van der Waals surface area contributed by atoms with Gasteiger partial charge in [-0.3, -0.25) is 9.56 Å². The summed E-state index contributed by atoms with van der Waals surface area (Å²) in [6.07, 6.45) is 2.63. The van der Waals surface area contributed by atoms with Gasteiger partial charge in [-0.2, -0.15) is 8.78 Å². The highest BCUT2D eigenvalue weighted by Gasteiger charge is 2.13. The number of hydrogen-bond acceptors (Lipinski definition) is 2. The van der Waals surface area contributed by atoms with E-state index in [0.29, 0.717) is 12.5 Å². The second-order valence-electron chi connectivity index (χ2n) is 5.21. The Morgan fingerprint density at radius 3 is 2.78 bits per heavy atom. The molecule has 1 aromatic carbocycles. The summed E-state index contributed by atoms with van der Waals surface area (Å²) in [5.74, 6) is 0.891. The maximum absolute atomic E-state index is 12.8. The summed E-state index contributed by atoms with van der Waals surface area (Å²) in [7, 11) is 3.57. The van der Waals surface area contributed by atoms with Crippen LogP contribution >= 0.6 is 0 Å². The van der Waals surface area contributed by atoms with Crippen molar-refractivity contribution in [3.05, 3.63) is 53.6 Å². The topological polar surface area (TPSA) is 45.5 Å². The minimum Gasteiger partial charge on any atom is -0.349 e. The van der Waals surface area contributed by atoms with Gasteiger partial charge in [0.05, 0.1) is 6.54 Å². The van der Waals surface area contributed by atoms with Gasteiger partial charge in [0.25, 0.3) is 0 Å². The summed E-state index contributed by atoms with van der Waals surface area (Å²) in [4.78, 5) is 10.1. The van der Waals surface area contributed by atoms with Crippen molar-refractivity contribution in [2.45, 2.75) is 26.6 Å². The van der Waals surface area contributed by atoms with Crippen molar-refractivity contribution in [2.24, 2.45) is 4.99 Å². The van der Waals surface area contributed by atoms with Crippen LogP contribution < -0.4 is 5.32 Å². The number of aryl methyl sites for hydroxylation is 1. The van der Waals surface area contributed by atoms with Crippen LogP contribution in [0.2, 0.25) is 0 Å². The Morgan fingerprint density at radius 1 is 1.39 bits per heavy atom. The lowest BCUT2D eigenvalue weighted by atomic mass is 10.1. The van der Waals surface area contributed by atoms with Crippen LogP contribution in [0.25, 0.3) is 0 Å². The lowest BCUT2D eigenvalue weighted by molar-refractivity contribution is 0.0668. The van der Waals surface area contributed by atoms with Gasteiger partial charge in [-0.15, -0.1) is 0 Å².